The molecule has 1 saturated carbocycles. The maximum absolute atomic E-state index is 11.3. The van der Waals surface area contributed by atoms with Crippen molar-refractivity contribution >= 4 is 10.8 Å². The molecule has 1 N–H and O–H groups in total. The highest BCUT2D eigenvalue weighted by atomic mass is 32.2. The second-order valence-corrected chi connectivity index (χ2v) is 6.37. The van der Waals surface area contributed by atoms with Crippen molar-refractivity contribution in [1.82, 2.24) is 10.2 Å². The fraction of sp³-hybridized carbons (Fsp3) is 1.00. The molecule has 1 atom stereocenters. The summed E-state index contributed by atoms with van der Waals surface area (Å²) in [6, 6.07) is 1.20. The van der Waals surface area contributed by atoms with E-state index in [9.17, 15) is 4.21 Å². The minimum Gasteiger partial charge on any atom is -0.383 e. The van der Waals surface area contributed by atoms with Crippen LogP contribution >= 0.6 is 0 Å². The van der Waals surface area contributed by atoms with Crippen molar-refractivity contribution in [3.05, 3.63) is 0 Å². The van der Waals surface area contributed by atoms with E-state index in [2.05, 4.69) is 10.2 Å². The number of rotatable bonds is 6. The minimum absolute atomic E-state index is 0.447. The minimum atomic E-state index is -0.585. The van der Waals surface area contributed by atoms with Gasteiger partial charge in [-0.05, 0) is 12.8 Å². The van der Waals surface area contributed by atoms with Gasteiger partial charge in [-0.1, -0.05) is 0 Å². The van der Waals surface area contributed by atoms with Crippen LogP contribution in [0.15, 0.2) is 0 Å². The van der Waals surface area contributed by atoms with Crippen LogP contribution < -0.4 is 5.32 Å². The van der Waals surface area contributed by atoms with Crippen molar-refractivity contribution in [2.45, 2.75) is 24.9 Å². The Labute approximate surface area is 100 Å². The molecular weight excluding hydrogens is 224 g/mol. The fourth-order valence-corrected chi connectivity index (χ4v) is 3.17. The lowest BCUT2D eigenvalue weighted by Crippen LogP contribution is -2.50. The van der Waals surface area contributed by atoms with Gasteiger partial charge in [-0.15, -0.1) is 0 Å². The Bertz CT molecular complexity index is 236. The molecule has 2 aliphatic rings. The molecule has 1 heterocycles. The normalized spacial score (nSPS) is 25.8. The molecule has 5 heteroatoms. The molecule has 4 nitrogen and oxygen atoms in total. The van der Waals surface area contributed by atoms with E-state index in [0.717, 1.165) is 43.8 Å². The predicted octanol–water partition coefficient (Wildman–Crippen LogP) is -0.182. The van der Waals surface area contributed by atoms with Gasteiger partial charge in [0.25, 0.3) is 0 Å². The van der Waals surface area contributed by atoms with Crippen molar-refractivity contribution in [1.29, 1.82) is 0 Å². The maximum Gasteiger partial charge on any atom is 0.0630 e. The monoisotopic (exact) mass is 246 g/mol. The van der Waals surface area contributed by atoms with Gasteiger partial charge >= 0.3 is 0 Å². The molecular formula is C11H22N2O2S. The molecule has 1 saturated heterocycles. The molecule has 94 valence electrons. The Kier molecular flexibility index (Phi) is 4.76. The zero-order valence-corrected chi connectivity index (χ0v) is 10.8. The zero-order valence-electron chi connectivity index (χ0n) is 9.98. The average Bonchev–Trinajstić information content (AvgIpc) is 3.09. The van der Waals surface area contributed by atoms with E-state index < -0.39 is 10.8 Å². The summed E-state index contributed by atoms with van der Waals surface area (Å²) in [7, 11) is 1.17. The zero-order chi connectivity index (χ0) is 11.4. The summed E-state index contributed by atoms with van der Waals surface area (Å²) in [5.41, 5.74) is 0. The van der Waals surface area contributed by atoms with Gasteiger partial charge in [-0.2, -0.15) is 0 Å². The Hall–Kier alpha value is 0.0300. The number of nitrogens with one attached hydrogen (secondary N) is 1. The van der Waals surface area contributed by atoms with E-state index in [1.807, 2.05) is 0 Å². The SMILES string of the molecule is COCC(CNC1CC1)N1CCS(=O)CC1. The van der Waals surface area contributed by atoms with E-state index in [4.69, 9.17) is 4.74 Å². The van der Waals surface area contributed by atoms with Gasteiger partial charge in [-0.25, -0.2) is 0 Å². The van der Waals surface area contributed by atoms with E-state index >= 15 is 0 Å². The van der Waals surface area contributed by atoms with Crippen LogP contribution in [0.4, 0.5) is 0 Å². The quantitative estimate of drug-likeness (QED) is 0.706. The van der Waals surface area contributed by atoms with Gasteiger partial charge < -0.3 is 10.1 Å². The number of hydrogen-bond acceptors (Lipinski definition) is 4. The number of ether oxygens (including phenoxy) is 1. The molecule has 16 heavy (non-hydrogen) atoms. The van der Waals surface area contributed by atoms with E-state index in [1.54, 1.807) is 7.11 Å². The summed E-state index contributed by atoms with van der Waals surface area (Å²) in [5, 5.41) is 3.55. The average molecular weight is 246 g/mol. The van der Waals surface area contributed by atoms with Gasteiger partial charge in [0.15, 0.2) is 0 Å². The number of nitrogens with zero attached hydrogens (tertiary/aromatic N) is 1. The van der Waals surface area contributed by atoms with Gasteiger partial charge in [0, 0.05) is 61.1 Å². The highest BCUT2D eigenvalue weighted by Gasteiger charge is 2.26. The highest BCUT2D eigenvalue weighted by molar-refractivity contribution is 7.85. The molecule has 1 unspecified atom stereocenters. The topological polar surface area (TPSA) is 41.6 Å². The molecule has 2 fully saturated rings. The fourth-order valence-electron chi connectivity index (χ4n) is 2.09. The third-order valence-electron chi connectivity index (χ3n) is 3.31. The van der Waals surface area contributed by atoms with Crippen LogP contribution in [0.5, 0.6) is 0 Å². The summed E-state index contributed by atoms with van der Waals surface area (Å²) >= 11 is 0. The second kappa shape index (κ2) is 6.10. The standard InChI is InChI=1S/C11H22N2O2S/c1-15-9-11(8-12-10-2-3-10)13-4-6-16(14)7-5-13/h10-12H,2-9H2,1H3. The molecule has 2 rings (SSSR count). The Morgan fingerprint density at radius 2 is 2.12 bits per heavy atom. The summed E-state index contributed by atoms with van der Waals surface area (Å²) in [6.45, 7) is 3.68. The first-order chi connectivity index (χ1) is 7.79. The van der Waals surface area contributed by atoms with Crippen molar-refractivity contribution in [3.63, 3.8) is 0 Å². The van der Waals surface area contributed by atoms with Crippen molar-refractivity contribution in [2.24, 2.45) is 0 Å². The van der Waals surface area contributed by atoms with E-state index in [1.165, 1.54) is 12.8 Å². The molecule has 0 amide bonds. The van der Waals surface area contributed by atoms with Crippen molar-refractivity contribution in [2.75, 3.05) is 44.9 Å². The third-order valence-corrected chi connectivity index (χ3v) is 4.58. The van der Waals surface area contributed by atoms with Crippen LogP contribution in [0.1, 0.15) is 12.8 Å². The van der Waals surface area contributed by atoms with Crippen molar-refractivity contribution in [3.8, 4) is 0 Å². The predicted molar refractivity (Wildman–Crippen MR) is 66.1 cm³/mol. The first-order valence-electron chi connectivity index (χ1n) is 6.11. The Balaban J connectivity index is 1.77. The molecule has 1 aliphatic heterocycles. The van der Waals surface area contributed by atoms with Crippen LogP contribution in [0.25, 0.3) is 0 Å². The number of hydrogen-bond donors (Lipinski definition) is 1. The van der Waals surface area contributed by atoms with Gasteiger partial charge in [0.2, 0.25) is 0 Å². The van der Waals surface area contributed by atoms with E-state index in [0.29, 0.717) is 6.04 Å². The summed E-state index contributed by atoms with van der Waals surface area (Å²) in [4.78, 5) is 2.42. The molecule has 0 aromatic carbocycles. The van der Waals surface area contributed by atoms with Crippen LogP contribution in [0.2, 0.25) is 0 Å². The molecule has 0 radical (unpaired) electrons. The lowest BCUT2D eigenvalue weighted by Gasteiger charge is -2.34. The molecule has 0 bridgehead atoms. The third kappa shape index (κ3) is 3.80. The van der Waals surface area contributed by atoms with Crippen LogP contribution in [-0.4, -0.2) is 66.0 Å². The molecule has 0 aromatic rings. The highest BCUT2D eigenvalue weighted by Crippen LogP contribution is 2.18. The lowest BCUT2D eigenvalue weighted by atomic mass is 10.2. The maximum atomic E-state index is 11.3. The molecule has 0 aromatic heterocycles. The summed E-state index contributed by atoms with van der Waals surface area (Å²) in [6.07, 6.45) is 2.65. The lowest BCUT2D eigenvalue weighted by molar-refractivity contribution is 0.0948. The smallest absolute Gasteiger partial charge is 0.0630 e. The Morgan fingerprint density at radius 1 is 1.44 bits per heavy atom. The van der Waals surface area contributed by atoms with Crippen LogP contribution in [0, 0.1) is 0 Å². The van der Waals surface area contributed by atoms with Gasteiger partial charge in [0.05, 0.1) is 6.61 Å². The molecule has 1 aliphatic carbocycles. The largest absolute Gasteiger partial charge is 0.383 e. The van der Waals surface area contributed by atoms with E-state index in [-0.39, 0.29) is 0 Å². The second-order valence-electron chi connectivity index (χ2n) is 4.68. The van der Waals surface area contributed by atoms with Crippen LogP contribution in [-0.2, 0) is 15.5 Å². The van der Waals surface area contributed by atoms with Crippen molar-refractivity contribution < 1.29 is 8.95 Å². The first-order valence-corrected chi connectivity index (χ1v) is 7.59. The van der Waals surface area contributed by atoms with Crippen LogP contribution in [0.3, 0.4) is 0 Å². The molecule has 0 spiro atoms. The first kappa shape index (κ1) is 12.5. The number of methoxy groups -OCH3 is 1. The summed E-state index contributed by atoms with van der Waals surface area (Å²) < 4.78 is 16.6. The Morgan fingerprint density at radius 3 is 2.69 bits per heavy atom. The summed E-state index contributed by atoms with van der Waals surface area (Å²) in [5.74, 6) is 1.65. The van der Waals surface area contributed by atoms with Gasteiger partial charge in [0.1, 0.15) is 0 Å². The van der Waals surface area contributed by atoms with Gasteiger partial charge in [-0.3, -0.25) is 9.11 Å².